The number of hydrogen-bond acceptors (Lipinski definition) is 1. The third-order valence-electron chi connectivity index (χ3n) is 3.01. The van der Waals surface area contributed by atoms with Crippen molar-refractivity contribution in [2.75, 3.05) is 0 Å². The minimum Gasteiger partial charge on any atom is -0.309 e. The highest BCUT2D eigenvalue weighted by Gasteiger charge is 2.29. The highest BCUT2D eigenvalue weighted by Crippen LogP contribution is 2.34. The molecule has 2 unspecified atom stereocenters. The van der Waals surface area contributed by atoms with Crippen molar-refractivity contribution in [3.63, 3.8) is 0 Å². The van der Waals surface area contributed by atoms with Crippen LogP contribution in [0.25, 0.3) is 5.57 Å². The molecule has 1 nitrogen and oxygen atoms in total. The van der Waals surface area contributed by atoms with E-state index in [1.807, 2.05) is 30.4 Å². The SMILES string of the molecule is CCC1C=C(c2ccccc2)C=CC1(N)Cl. The topological polar surface area (TPSA) is 26.0 Å². The zero-order valence-corrected chi connectivity index (χ0v) is 10.1. The van der Waals surface area contributed by atoms with Gasteiger partial charge in [0.1, 0.15) is 5.00 Å². The number of halogens is 1. The molecule has 16 heavy (non-hydrogen) atoms. The van der Waals surface area contributed by atoms with Gasteiger partial charge in [-0.1, -0.05) is 61.0 Å². The molecule has 0 fully saturated rings. The first-order valence-corrected chi connectivity index (χ1v) is 5.95. The summed E-state index contributed by atoms with van der Waals surface area (Å²) in [4.78, 5) is -0.729. The molecule has 0 bridgehead atoms. The van der Waals surface area contributed by atoms with E-state index in [2.05, 4.69) is 25.1 Å². The maximum Gasteiger partial charge on any atom is 0.116 e. The number of hydrogen-bond donors (Lipinski definition) is 1. The number of nitrogens with two attached hydrogens (primary N) is 1. The third kappa shape index (κ3) is 2.21. The summed E-state index contributed by atoms with van der Waals surface area (Å²) in [5.74, 6) is 0.189. The van der Waals surface area contributed by atoms with Crippen LogP contribution < -0.4 is 5.73 Å². The summed E-state index contributed by atoms with van der Waals surface area (Å²) in [6.07, 6.45) is 7.02. The number of allylic oxidation sites excluding steroid dienone is 2. The summed E-state index contributed by atoms with van der Waals surface area (Å²) in [6, 6.07) is 10.3. The Morgan fingerprint density at radius 3 is 2.62 bits per heavy atom. The van der Waals surface area contributed by atoms with Gasteiger partial charge in [0.05, 0.1) is 0 Å². The molecule has 1 aromatic rings. The van der Waals surface area contributed by atoms with Crippen LogP contribution in [0.2, 0.25) is 0 Å². The Morgan fingerprint density at radius 1 is 1.31 bits per heavy atom. The molecule has 2 heteroatoms. The average Bonchev–Trinajstić information content (AvgIpc) is 2.30. The number of benzene rings is 1. The lowest BCUT2D eigenvalue weighted by Gasteiger charge is -2.29. The standard InChI is InChI=1S/C14H16ClN/c1-2-13-10-12(8-9-14(13,15)16)11-6-4-3-5-7-11/h3-10,13H,2,16H2,1H3. The van der Waals surface area contributed by atoms with Gasteiger partial charge in [0, 0.05) is 5.92 Å². The van der Waals surface area contributed by atoms with Crippen LogP contribution in [0, 0.1) is 5.92 Å². The van der Waals surface area contributed by atoms with Gasteiger partial charge in [-0.15, -0.1) is 0 Å². The van der Waals surface area contributed by atoms with E-state index >= 15 is 0 Å². The summed E-state index contributed by atoms with van der Waals surface area (Å²) in [7, 11) is 0. The minimum absolute atomic E-state index is 0.189. The van der Waals surface area contributed by atoms with Gasteiger partial charge in [0.25, 0.3) is 0 Å². The molecule has 1 aromatic carbocycles. The van der Waals surface area contributed by atoms with Gasteiger partial charge in [-0.3, -0.25) is 0 Å². The normalized spacial score (nSPS) is 28.9. The highest BCUT2D eigenvalue weighted by molar-refractivity contribution is 6.25. The second-order valence-corrected chi connectivity index (χ2v) is 4.82. The smallest absolute Gasteiger partial charge is 0.116 e. The van der Waals surface area contributed by atoms with E-state index in [4.69, 9.17) is 17.3 Å². The monoisotopic (exact) mass is 233 g/mol. The van der Waals surface area contributed by atoms with Crippen molar-refractivity contribution in [1.29, 1.82) is 0 Å². The van der Waals surface area contributed by atoms with Crippen molar-refractivity contribution in [1.82, 2.24) is 0 Å². The fraction of sp³-hybridized carbons (Fsp3) is 0.286. The van der Waals surface area contributed by atoms with Crippen molar-refractivity contribution < 1.29 is 0 Å². The van der Waals surface area contributed by atoms with Crippen LogP contribution >= 0.6 is 11.6 Å². The molecule has 0 spiro atoms. The molecule has 0 radical (unpaired) electrons. The molecule has 2 N–H and O–H groups in total. The van der Waals surface area contributed by atoms with Crippen molar-refractivity contribution >= 4 is 17.2 Å². The Labute approximate surface area is 102 Å². The number of alkyl halides is 1. The largest absolute Gasteiger partial charge is 0.309 e. The van der Waals surface area contributed by atoms with Crippen LogP contribution in [-0.4, -0.2) is 5.00 Å². The van der Waals surface area contributed by atoms with E-state index in [0.717, 1.165) is 6.42 Å². The Morgan fingerprint density at radius 2 is 2.00 bits per heavy atom. The molecule has 84 valence electrons. The van der Waals surface area contributed by atoms with Gasteiger partial charge in [-0.25, -0.2) is 0 Å². The maximum atomic E-state index is 6.24. The molecule has 0 saturated heterocycles. The van der Waals surface area contributed by atoms with Gasteiger partial charge in [-0.2, -0.15) is 0 Å². The molecular formula is C14H16ClN. The van der Waals surface area contributed by atoms with Crippen molar-refractivity contribution in [2.45, 2.75) is 18.3 Å². The molecule has 2 atom stereocenters. The van der Waals surface area contributed by atoms with E-state index < -0.39 is 5.00 Å². The summed E-state index contributed by atoms with van der Waals surface area (Å²) < 4.78 is 0. The quantitative estimate of drug-likeness (QED) is 0.614. The lowest BCUT2D eigenvalue weighted by Crippen LogP contribution is -2.39. The van der Waals surface area contributed by atoms with Crippen LogP contribution in [0.4, 0.5) is 0 Å². The molecule has 0 amide bonds. The summed E-state index contributed by atoms with van der Waals surface area (Å²) in [5.41, 5.74) is 8.42. The molecule has 1 aliphatic carbocycles. The molecule has 0 aromatic heterocycles. The maximum absolute atomic E-state index is 6.24. The first-order valence-electron chi connectivity index (χ1n) is 5.58. The van der Waals surface area contributed by atoms with E-state index in [9.17, 15) is 0 Å². The highest BCUT2D eigenvalue weighted by atomic mass is 35.5. The summed E-state index contributed by atoms with van der Waals surface area (Å²) >= 11 is 6.24. The van der Waals surface area contributed by atoms with Crippen LogP contribution in [0.5, 0.6) is 0 Å². The molecule has 0 saturated carbocycles. The molecule has 2 rings (SSSR count). The Kier molecular flexibility index (Phi) is 3.17. The Hall–Kier alpha value is -1.05. The second kappa shape index (κ2) is 4.44. The van der Waals surface area contributed by atoms with Gasteiger partial charge in [-0.05, 0) is 23.6 Å². The Balaban J connectivity index is 2.33. The van der Waals surface area contributed by atoms with Crippen molar-refractivity contribution in [3.05, 3.63) is 54.1 Å². The van der Waals surface area contributed by atoms with Crippen molar-refractivity contribution in [2.24, 2.45) is 11.7 Å². The van der Waals surface area contributed by atoms with Gasteiger partial charge in [0.15, 0.2) is 0 Å². The summed E-state index contributed by atoms with van der Waals surface area (Å²) in [5, 5.41) is 0. The van der Waals surface area contributed by atoms with E-state index in [1.165, 1.54) is 11.1 Å². The van der Waals surface area contributed by atoms with Crippen LogP contribution in [0.1, 0.15) is 18.9 Å². The predicted molar refractivity (Wildman–Crippen MR) is 70.1 cm³/mol. The zero-order valence-electron chi connectivity index (χ0n) is 9.36. The Bertz CT molecular complexity index is 418. The van der Waals surface area contributed by atoms with Gasteiger partial charge < -0.3 is 5.73 Å². The zero-order chi connectivity index (χ0) is 11.6. The fourth-order valence-electron chi connectivity index (χ4n) is 1.99. The van der Waals surface area contributed by atoms with Gasteiger partial charge >= 0.3 is 0 Å². The van der Waals surface area contributed by atoms with Crippen LogP contribution in [0.3, 0.4) is 0 Å². The predicted octanol–water partition coefficient (Wildman–Crippen LogP) is 3.56. The molecule has 0 heterocycles. The fourth-order valence-corrected chi connectivity index (χ4v) is 2.28. The second-order valence-electron chi connectivity index (χ2n) is 4.16. The van der Waals surface area contributed by atoms with Crippen molar-refractivity contribution in [3.8, 4) is 0 Å². The number of rotatable bonds is 2. The third-order valence-corrected chi connectivity index (χ3v) is 3.42. The summed E-state index contributed by atoms with van der Waals surface area (Å²) in [6.45, 7) is 2.10. The minimum atomic E-state index is -0.729. The first kappa shape index (κ1) is 11.4. The van der Waals surface area contributed by atoms with Gasteiger partial charge in [0.2, 0.25) is 0 Å². The average molecular weight is 234 g/mol. The first-order chi connectivity index (χ1) is 7.63. The van der Waals surface area contributed by atoms with E-state index in [1.54, 1.807) is 0 Å². The van der Waals surface area contributed by atoms with Crippen LogP contribution in [-0.2, 0) is 0 Å². The van der Waals surface area contributed by atoms with E-state index in [-0.39, 0.29) is 5.92 Å². The lowest BCUT2D eigenvalue weighted by molar-refractivity contribution is 0.506. The molecule has 1 aliphatic rings. The van der Waals surface area contributed by atoms with E-state index in [0.29, 0.717) is 0 Å². The lowest BCUT2D eigenvalue weighted by atomic mass is 9.87. The molecule has 0 aliphatic heterocycles. The van der Waals surface area contributed by atoms with Crippen LogP contribution in [0.15, 0.2) is 48.6 Å². The molecular weight excluding hydrogens is 218 g/mol.